The van der Waals surface area contributed by atoms with Crippen molar-refractivity contribution in [3.8, 4) is 0 Å². The lowest BCUT2D eigenvalue weighted by Gasteiger charge is -2.01. The van der Waals surface area contributed by atoms with Crippen LogP contribution in [0.5, 0.6) is 0 Å². The van der Waals surface area contributed by atoms with E-state index in [0.29, 0.717) is 6.61 Å². The average Bonchev–Trinajstić information content (AvgIpc) is 2.13. The maximum atomic E-state index is 8.43. The summed E-state index contributed by atoms with van der Waals surface area (Å²) in [6, 6.07) is 0. The molecule has 0 heterocycles. The molecule has 0 aromatic heterocycles. The Morgan fingerprint density at radius 1 is 1.00 bits per heavy atom. The Hall–Kier alpha value is -0.0800. The van der Waals surface area contributed by atoms with Gasteiger partial charge in [-0.2, -0.15) is 0 Å². The first-order valence-corrected chi connectivity index (χ1v) is 5.83. The molecule has 88 valence electrons. The summed E-state index contributed by atoms with van der Waals surface area (Å²) in [5, 5.41) is 16.8. The fraction of sp³-hybridized carbons (Fsp3) is 1.00. The van der Waals surface area contributed by atoms with E-state index in [9.17, 15) is 0 Å². The molecule has 14 heavy (non-hydrogen) atoms. The fourth-order valence-corrected chi connectivity index (χ4v) is 0.841. The highest BCUT2D eigenvalue weighted by Crippen LogP contribution is 2.06. The van der Waals surface area contributed by atoms with Gasteiger partial charge in [-0.1, -0.05) is 40.0 Å². The van der Waals surface area contributed by atoms with E-state index >= 15 is 0 Å². The van der Waals surface area contributed by atoms with Gasteiger partial charge in [-0.25, -0.2) is 0 Å². The van der Waals surface area contributed by atoms with Crippen LogP contribution in [0.4, 0.5) is 0 Å². The minimum absolute atomic E-state index is 0.116. The Kier molecular flexibility index (Phi) is 15.1. The number of hydrogen-bond donors (Lipinski definition) is 2. The second kappa shape index (κ2) is 12.9. The molecule has 0 fully saturated rings. The lowest BCUT2D eigenvalue weighted by Crippen LogP contribution is -1.93. The van der Waals surface area contributed by atoms with Gasteiger partial charge in [0.15, 0.2) is 0 Å². The van der Waals surface area contributed by atoms with Crippen molar-refractivity contribution < 1.29 is 10.2 Å². The predicted octanol–water partition coefficient (Wildman–Crippen LogP) is 2.97. The van der Waals surface area contributed by atoms with Gasteiger partial charge in [0, 0.05) is 6.61 Å². The Balaban J connectivity index is 0. The predicted molar refractivity (Wildman–Crippen MR) is 62.4 cm³/mol. The van der Waals surface area contributed by atoms with Gasteiger partial charge in [-0.3, -0.25) is 0 Å². The van der Waals surface area contributed by atoms with Crippen LogP contribution in [0.2, 0.25) is 0 Å². The number of aliphatic hydroxyl groups is 2. The zero-order valence-corrected chi connectivity index (χ0v) is 10.3. The quantitative estimate of drug-likeness (QED) is 0.653. The van der Waals surface area contributed by atoms with Crippen molar-refractivity contribution in [1.29, 1.82) is 0 Å². The van der Waals surface area contributed by atoms with Crippen molar-refractivity contribution in [3.05, 3.63) is 0 Å². The van der Waals surface area contributed by atoms with E-state index in [2.05, 4.69) is 13.8 Å². The highest BCUT2D eigenvalue weighted by Gasteiger charge is 1.92. The van der Waals surface area contributed by atoms with E-state index < -0.39 is 0 Å². The summed E-state index contributed by atoms with van der Waals surface area (Å²) >= 11 is 0. The molecule has 0 aliphatic heterocycles. The SMILES string of the molecule is CC(C)CCCCCO.CCC(C)O. The number of unbranched alkanes of at least 4 members (excludes halogenated alkanes) is 2. The van der Waals surface area contributed by atoms with E-state index in [1.165, 1.54) is 19.3 Å². The lowest BCUT2D eigenvalue weighted by atomic mass is 10.1. The number of hydrogen-bond acceptors (Lipinski definition) is 2. The normalized spacial score (nSPS) is 12.2. The van der Waals surface area contributed by atoms with Crippen molar-refractivity contribution in [2.24, 2.45) is 5.92 Å². The molecule has 0 aromatic rings. The maximum absolute atomic E-state index is 8.43. The minimum atomic E-state index is -0.116. The van der Waals surface area contributed by atoms with E-state index in [1.54, 1.807) is 6.92 Å². The highest BCUT2D eigenvalue weighted by molar-refractivity contribution is 4.45. The summed E-state index contributed by atoms with van der Waals surface area (Å²) in [7, 11) is 0. The molecule has 0 aliphatic carbocycles. The summed E-state index contributed by atoms with van der Waals surface area (Å²) in [4.78, 5) is 0. The molecule has 0 rings (SSSR count). The summed E-state index contributed by atoms with van der Waals surface area (Å²) in [6.07, 6.45) is 5.50. The smallest absolute Gasteiger partial charge is 0.0509 e. The monoisotopic (exact) mass is 204 g/mol. The minimum Gasteiger partial charge on any atom is -0.396 e. The van der Waals surface area contributed by atoms with Crippen molar-refractivity contribution in [3.63, 3.8) is 0 Å². The Morgan fingerprint density at radius 3 is 1.79 bits per heavy atom. The Morgan fingerprint density at radius 2 is 1.50 bits per heavy atom. The highest BCUT2D eigenvalue weighted by atomic mass is 16.3. The first-order valence-electron chi connectivity index (χ1n) is 5.83. The standard InChI is InChI=1S/C8H18O.C4H10O/c1-8(2)6-4-3-5-7-9;1-3-4(2)5/h8-9H,3-7H2,1-2H3;4-5H,3H2,1-2H3. The zero-order valence-electron chi connectivity index (χ0n) is 10.3. The third-order valence-electron chi connectivity index (χ3n) is 2.03. The van der Waals surface area contributed by atoms with Gasteiger partial charge >= 0.3 is 0 Å². The maximum Gasteiger partial charge on any atom is 0.0509 e. The van der Waals surface area contributed by atoms with Crippen LogP contribution in [-0.4, -0.2) is 22.9 Å². The second-order valence-corrected chi connectivity index (χ2v) is 4.22. The van der Waals surface area contributed by atoms with Crippen LogP contribution in [0.25, 0.3) is 0 Å². The molecule has 0 aromatic carbocycles. The Labute approximate surface area is 89.3 Å². The van der Waals surface area contributed by atoms with Gasteiger partial charge in [0.2, 0.25) is 0 Å². The molecule has 0 aliphatic rings. The summed E-state index contributed by atoms with van der Waals surface area (Å²) < 4.78 is 0. The molecule has 1 atom stereocenters. The fourth-order valence-electron chi connectivity index (χ4n) is 0.841. The molecule has 0 amide bonds. The first-order chi connectivity index (χ1) is 6.54. The van der Waals surface area contributed by atoms with Crippen LogP contribution in [0.3, 0.4) is 0 Å². The van der Waals surface area contributed by atoms with Crippen molar-refractivity contribution in [1.82, 2.24) is 0 Å². The molecular weight excluding hydrogens is 176 g/mol. The van der Waals surface area contributed by atoms with Crippen LogP contribution in [0.1, 0.15) is 59.8 Å². The number of aliphatic hydroxyl groups excluding tert-OH is 2. The van der Waals surface area contributed by atoms with Gasteiger partial charge in [0.25, 0.3) is 0 Å². The topological polar surface area (TPSA) is 40.5 Å². The van der Waals surface area contributed by atoms with Crippen LogP contribution >= 0.6 is 0 Å². The van der Waals surface area contributed by atoms with Gasteiger partial charge in [-0.15, -0.1) is 0 Å². The molecule has 0 saturated carbocycles. The average molecular weight is 204 g/mol. The summed E-state index contributed by atoms with van der Waals surface area (Å²) in [5.74, 6) is 0.823. The molecule has 2 nitrogen and oxygen atoms in total. The molecule has 2 heteroatoms. The van der Waals surface area contributed by atoms with Gasteiger partial charge in [-0.05, 0) is 25.7 Å². The van der Waals surface area contributed by atoms with E-state index in [0.717, 1.165) is 18.8 Å². The van der Waals surface area contributed by atoms with Crippen molar-refractivity contribution in [2.45, 2.75) is 65.9 Å². The lowest BCUT2D eigenvalue weighted by molar-refractivity contribution is 0.191. The first kappa shape index (κ1) is 16.4. The van der Waals surface area contributed by atoms with Gasteiger partial charge in [0.05, 0.1) is 6.10 Å². The Bertz CT molecular complexity index is 90.3. The third kappa shape index (κ3) is 22.7. The number of rotatable bonds is 6. The van der Waals surface area contributed by atoms with Crippen LogP contribution in [0, 0.1) is 5.92 Å². The van der Waals surface area contributed by atoms with Gasteiger partial charge < -0.3 is 10.2 Å². The molecular formula is C12H28O2. The molecule has 1 unspecified atom stereocenters. The molecule has 0 spiro atoms. The molecule has 0 bridgehead atoms. The van der Waals surface area contributed by atoms with E-state index in [4.69, 9.17) is 10.2 Å². The second-order valence-electron chi connectivity index (χ2n) is 4.22. The zero-order chi connectivity index (χ0) is 11.4. The van der Waals surface area contributed by atoms with Crippen LogP contribution in [0.15, 0.2) is 0 Å². The van der Waals surface area contributed by atoms with Crippen LogP contribution in [-0.2, 0) is 0 Å². The largest absolute Gasteiger partial charge is 0.396 e. The molecule has 2 N–H and O–H groups in total. The molecule has 0 radical (unpaired) electrons. The van der Waals surface area contributed by atoms with Crippen LogP contribution < -0.4 is 0 Å². The third-order valence-corrected chi connectivity index (χ3v) is 2.03. The van der Waals surface area contributed by atoms with Gasteiger partial charge in [0.1, 0.15) is 0 Å². The van der Waals surface area contributed by atoms with Crippen molar-refractivity contribution >= 4 is 0 Å². The van der Waals surface area contributed by atoms with E-state index in [-0.39, 0.29) is 6.10 Å². The molecule has 0 saturated heterocycles. The van der Waals surface area contributed by atoms with E-state index in [1.807, 2.05) is 6.92 Å². The van der Waals surface area contributed by atoms with Crippen molar-refractivity contribution in [2.75, 3.05) is 6.61 Å². The summed E-state index contributed by atoms with van der Waals surface area (Å²) in [6.45, 7) is 8.56. The summed E-state index contributed by atoms with van der Waals surface area (Å²) in [5.41, 5.74) is 0.